The molecule has 5 nitrogen and oxygen atoms in total. The van der Waals surface area contributed by atoms with Crippen LogP contribution in [0.4, 0.5) is 13.2 Å². The third-order valence-electron chi connectivity index (χ3n) is 2.16. The van der Waals surface area contributed by atoms with Crippen molar-refractivity contribution in [3.63, 3.8) is 0 Å². The maximum Gasteiger partial charge on any atom is 0.418 e. The summed E-state index contributed by atoms with van der Waals surface area (Å²) in [5.41, 5.74) is -1.84. The van der Waals surface area contributed by atoms with Crippen LogP contribution in [0.5, 0.6) is 0 Å². The third-order valence-corrected chi connectivity index (χ3v) is 2.16. The number of hydrogen-bond acceptors (Lipinski definition) is 3. The molecule has 0 amide bonds. The fourth-order valence-electron chi connectivity index (χ4n) is 1.39. The summed E-state index contributed by atoms with van der Waals surface area (Å²) in [6.07, 6.45) is -3.40. The van der Waals surface area contributed by atoms with Crippen molar-refractivity contribution in [1.29, 1.82) is 0 Å². The Morgan fingerprint density at radius 1 is 1.39 bits per heavy atom. The molecule has 2 aromatic heterocycles. The molecule has 8 heteroatoms. The summed E-state index contributed by atoms with van der Waals surface area (Å²) in [5, 5.41) is 14.3. The van der Waals surface area contributed by atoms with E-state index in [1.165, 1.54) is 6.20 Å². The molecule has 0 aliphatic rings. The topological polar surface area (TPSA) is 78.9 Å². The van der Waals surface area contributed by atoms with Crippen LogP contribution in [0.15, 0.2) is 24.4 Å². The van der Waals surface area contributed by atoms with Crippen LogP contribution in [0.25, 0.3) is 11.4 Å². The average Bonchev–Trinajstić information content (AvgIpc) is 2.77. The van der Waals surface area contributed by atoms with E-state index in [0.717, 1.165) is 18.2 Å². The second-order valence-corrected chi connectivity index (χ2v) is 3.37. The van der Waals surface area contributed by atoms with Gasteiger partial charge in [0.25, 0.3) is 0 Å². The molecule has 2 aromatic rings. The first-order valence-electron chi connectivity index (χ1n) is 4.71. The van der Waals surface area contributed by atoms with Crippen molar-refractivity contribution >= 4 is 5.97 Å². The minimum absolute atomic E-state index is 0.166. The molecule has 0 radical (unpaired) electrons. The maximum absolute atomic E-state index is 12.7. The molecular weight excluding hydrogens is 251 g/mol. The van der Waals surface area contributed by atoms with Crippen molar-refractivity contribution < 1.29 is 23.1 Å². The van der Waals surface area contributed by atoms with Gasteiger partial charge in [0, 0.05) is 12.3 Å². The first-order valence-corrected chi connectivity index (χ1v) is 4.71. The average molecular weight is 257 g/mol. The van der Waals surface area contributed by atoms with Crippen molar-refractivity contribution in [3.8, 4) is 11.4 Å². The lowest BCUT2D eigenvalue weighted by Gasteiger charge is -2.09. The van der Waals surface area contributed by atoms with Gasteiger partial charge in [-0.3, -0.25) is 10.1 Å². The number of carbonyl (C=O) groups is 1. The highest BCUT2D eigenvalue weighted by atomic mass is 19.4. The smallest absolute Gasteiger partial charge is 0.418 e. The number of nitrogens with zero attached hydrogens (tertiary/aromatic N) is 2. The van der Waals surface area contributed by atoms with Gasteiger partial charge in [-0.25, -0.2) is 4.79 Å². The SMILES string of the molecule is O=C(O)c1cc(-c2ncccc2C(F)(F)F)n[nH]1. The van der Waals surface area contributed by atoms with Gasteiger partial charge in [0.1, 0.15) is 17.1 Å². The van der Waals surface area contributed by atoms with Crippen LogP contribution in [0.1, 0.15) is 16.1 Å². The van der Waals surface area contributed by atoms with Gasteiger partial charge in [0.15, 0.2) is 0 Å². The molecule has 0 unspecified atom stereocenters. The van der Waals surface area contributed by atoms with Crippen molar-refractivity contribution in [2.24, 2.45) is 0 Å². The molecule has 0 aromatic carbocycles. The molecule has 0 aliphatic heterocycles. The Bertz CT molecular complexity index is 592. The van der Waals surface area contributed by atoms with Crippen LogP contribution in [-0.4, -0.2) is 26.3 Å². The van der Waals surface area contributed by atoms with Gasteiger partial charge in [-0.2, -0.15) is 18.3 Å². The summed E-state index contributed by atoms with van der Waals surface area (Å²) < 4.78 is 38.1. The Balaban J connectivity index is 2.53. The number of H-pyrrole nitrogens is 1. The predicted octanol–water partition coefficient (Wildman–Crippen LogP) is 2.19. The molecule has 0 fully saturated rings. The highest BCUT2D eigenvalue weighted by molar-refractivity contribution is 5.86. The van der Waals surface area contributed by atoms with Gasteiger partial charge in [0.05, 0.1) is 5.56 Å². The first kappa shape index (κ1) is 12.1. The lowest BCUT2D eigenvalue weighted by Crippen LogP contribution is -2.08. The van der Waals surface area contributed by atoms with Gasteiger partial charge < -0.3 is 5.11 Å². The Kier molecular flexibility index (Phi) is 2.77. The summed E-state index contributed by atoms with van der Waals surface area (Å²) in [7, 11) is 0. The van der Waals surface area contributed by atoms with Crippen molar-refractivity contribution in [1.82, 2.24) is 15.2 Å². The highest BCUT2D eigenvalue weighted by Gasteiger charge is 2.35. The molecule has 94 valence electrons. The Labute approximate surface area is 98.3 Å². The van der Waals surface area contributed by atoms with Crippen LogP contribution in [-0.2, 0) is 6.18 Å². The number of aromatic amines is 1. The molecule has 0 bridgehead atoms. The van der Waals surface area contributed by atoms with Gasteiger partial charge in [-0.05, 0) is 12.1 Å². The lowest BCUT2D eigenvalue weighted by atomic mass is 10.1. The van der Waals surface area contributed by atoms with Gasteiger partial charge in [0.2, 0.25) is 0 Å². The molecule has 18 heavy (non-hydrogen) atoms. The largest absolute Gasteiger partial charge is 0.477 e. The van der Waals surface area contributed by atoms with E-state index in [1.807, 2.05) is 0 Å². The first-order chi connectivity index (χ1) is 8.39. The fourth-order valence-corrected chi connectivity index (χ4v) is 1.39. The van der Waals surface area contributed by atoms with E-state index < -0.39 is 23.4 Å². The van der Waals surface area contributed by atoms with Crippen LogP contribution >= 0.6 is 0 Å². The van der Waals surface area contributed by atoms with Crippen molar-refractivity contribution in [2.75, 3.05) is 0 Å². The van der Waals surface area contributed by atoms with E-state index in [9.17, 15) is 18.0 Å². The third kappa shape index (κ3) is 2.17. The van der Waals surface area contributed by atoms with Gasteiger partial charge in [-0.1, -0.05) is 0 Å². The minimum Gasteiger partial charge on any atom is -0.477 e. The predicted molar refractivity (Wildman–Crippen MR) is 53.8 cm³/mol. The van der Waals surface area contributed by atoms with E-state index in [0.29, 0.717) is 0 Å². The number of carboxylic acid groups (broad SMARTS) is 1. The Hall–Kier alpha value is -2.38. The molecule has 2 N–H and O–H groups in total. The van der Waals surface area contributed by atoms with Crippen LogP contribution in [0.2, 0.25) is 0 Å². The summed E-state index contributed by atoms with van der Waals surface area (Å²) in [4.78, 5) is 14.2. The zero-order valence-corrected chi connectivity index (χ0v) is 8.69. The zero-order valence-electron chi connectivity index (χ0n) is 8.69. The normalized spacial score (nSPS) is 11.5. The number of hydrogen-bond donors (Lipinski definition) is 2. The van der Waals surface area contributed by atoms with Crippen molar-refractivity contribution in [3.05, 3.63) is 35.7 Å². The summed E-state index contributed by atoms with van der Waals surface area (Å²) in [6.45, 7) is 0. The summed E-state index contributed by atoms with van der Waals surface area (Å²) >= 11 is 0. The van der Waals surface area contributed by atoms with Crippen LogP contribution in [0.3, 0.4) is 0 Å². The van der Waals surface area contributed by atoms with E-state index >= 15 is 0 Å². The molecule has 0 saturated carbocycles. The number of aromatic carboxylic acids is 1. The molecule has 0 spiro atoms. The van der Waals surface area contributed by atoms with Crippen molar-refractivity contribution in [2.45, 2.75) is 6.18 Å². The minimum atomic E-state index is -4.58. The Morgan fingerprint density at radius 3 is 2.67 bits per heavy atom. The standard InChI is InChI=1S/C10H6F3N3O2/c11-10(12,13)5-2-1-3-14-8(5)6-4-7(9(17)18)16-15-6/h1-4H,(H,15,16)(H,17,18). The number of nitrogens with one attached hydrogen (secondary N) is 1. The Morgan fingerprint density at radius 2 is 2.11 bits per heavy atom. The molecule has 2 rings (SSSR count). The molecule has 0 aliphatic carbocycles. The van der Waals surface area contributed by atoms with E-state index in [1.54, 1.807) is 0 Å². The number of pyridine rings is 1. The quantitative estimate of drug-likeness (QED) is 0.864. The number of alkyl halides is 3. The second-order valence-electron chi connectivity index (χ2n) is 3.37. The van der Waals surface area contributed by atoms with Crippen LogP contribution < -0.4 is 0 Å². The molecule has 0 atom stereocenters. The van der Waals surface area contributed by atoms with Gasteiger partial charge >= 0.3 is 12.1 Å². The van der Waals surface area contributed by atoms with E-state index in [2.05, 4.69) is 15.2 Å². The maximum atomic E-state index is 12.7. The molecule has 2 heterocycles. The number of rotatable bonds is 2. The summed E-state index contributed by atoms with van der Waals surface area (Å²) in [6, 6.07) is 3.01. The zero-order chi connectivity index (χ0) is 13.3. The van der Waals surface area contributed by atoms with Crippen LogP contribution in [0, 0.1) is 0 Å². The fraction of sp³-hybridized carbons (Fsp3) is 0.100. The highest BCUT2D eigenvalue weighted by Crippen LogP contribution is 2.34. The number of aromatic nitrogens is 3. The van der Waals surface area contributed by atoms with E-state index in [4.69, 9.17) is 5.11 Å². The lowest BCUT2D eigenvalue weighted by molar-refractivity contribution is -0.137. The van der Waals surface area contributed by atoms with E-state index in [-0.39, 0.29) is 11.4 Å². The second kappa shape index (κ2) is 4.13. The monoisotopic (exact) mass is 257 g/mol. The van der Waals surface area contributed by atoms with Gasteiger partial charge in [-0.15, -0.1) is 0 Å². The molecule has 0 saturated heterocycles. The summed E-state index contributed by atoms with van der Waals surface area (Å²) in [5.74, 6) is -1.31. The number of carboxylic acids is 1. The molecular formula is C10H6F3N3O2. The number of halogens is 3.